The Kier molecular flexibility index (Phi) is 8.01. The molecule has 0 amide bonds. The van der Waals surface area contributed by atoms with Gasteiger partial charge in [0.05, 0.1) is 16.8 Å². The molecule has 0 fully saturated rings. The van der Waals surface area contributed by atoms with Crippen molar-refractivity contribution in [1.82, 2.24) is 0 Å². The standard InChI is InChI=1S/C59H38FN/c60-43-21-12-20-42(38-43)45-26-13-18-41-19-14-27-49(57(41)45)48-24-7-11-32-55(48)61(44-36-34-40(35-37-44)39-16-2-1-3-17-39)56-33-15-31-54-58(56)50-25-6-10-30-53(50)59(54)51-28-8-4-22-46(51)47-23-5-9-29-52(47)59/h1-38H. The first-order valence-corrected chi connectivity index (χ1v) is 21.0. The molecule has 0 aromatic heterocycles. The van der Waals surface area contributed by atoms with E-state index >= 15 is 0 Å². The van der Waals surface area contributed by atoms with Crippen molar-refractivity contribution in [2.75, 3.05) is 4.90 Å². The van der Waals surface area contributed by atoms with Crippen molar-refractivity contribution < 1.29 is 4.39 Å². The van der Waals surface area contributed by atoms with Gasteiger partial charge in [-0.3, -0.25) is 0 Å². The summed E-state index contributed by atoms with van der Waals surface area (Å²) in [7, 11) is 0. The fourth-order valence-corrected chi connectivity index (χ4v) is 10.5. The smallest absolute Gasteiger partial charge is 0.123 e. The molecule has 10 aromatic rings. The van der Waals surface area contributed by atoms with E-state index in [9.17, 15) is 4.39 Å². The van der Waals surface area contributed by atoms with E-state index in [1.807, 2.05) is 6.07 Å². The number of hydrogen-bond donors (Lipinski definition) is 0. The fraction of sp³-hybridized carbons (Fsp3) is 0.0169. The molecule has 0 heterocycles. The van der Waals surface area contributed by atoms with Crippen molar-refractivity contribution >= 4 is 27.8 Å². The lowest BCUT2D eigenvalue weighted by Gasteiger charge is -2.32. The van der Waals surface area contributed by atoms with Crippen LogP contribution >= 0.6 is 0 Å². The molecular formula is C59H38FN. The summed E-state index contributed by atoms with van der Waals surface area (Å²) < 4.78 is 14.8. The first kappa shape index (κ1) is 35.2. The van der Waals surface area contributed by atoms with Gasteiger partial charge in [0.2, 0.25) is 0 Å². The van der Waals surface area contributed by atoms with Crippen molar-refractivity contribution in [3.05, 3.63) is 259 Å². The van der Waals surface area contributed by atoms with Gasteiger partial charge in [-0.25, -0.2) is 4.39 Å². The summed E-state index contributed by atoms with van der Waals surface area (Å²) in [4.78, 5) is 2.47. The van der Waals surface area contributed by atoms with Crippen molar-refractivity contribution in [2.24, 2.45) is 0 Å². The Morgan fingerprint density at radius 3 is 1.52 bits per heavy atom. The average Bonchev–Trinajstić information content (AvgIpc) is 3.80. The van der Waals surface area contributed by atoms with E-state index < -0.39 is 5.41 Å². The summed E-state index contributed by atoms with van der Waals surface area (Å²) in [5.74, 6) is -0.249. The minimum absolute atomic E-state index is 0.249. The second-order valence-electron chi connectivity index (χ2n) is 16.1. The lowest BCUT2D eigenvalue weighted by molar-refractivity contribution is 0.628. The van der Waals surface area contributed by atoms with E-state index in [0.717, 1.165) is 55.7 Å². The van der Waals surface area contributed by atoms with Crippen LogP contribution < -0.4 is 4.90 Å². The van der Waals surface area contributed by atoms with Gasteiger partial charge in [-0.2, -0.15) is 0 Å². The Morgan fingerprint density at radius 2 is 0.820 bits per heavy atom. The molecule has 0 N–H and O–H groups in total. The van der Waals surface area contributed by atoms with E-state index in [0.29, 0.717) is 0 Å². The first-order chi connectivity index (χ1) is 30.2. The lowest BCUT2D eigenvalue weighted by Crippen LogP contribution is -2.26. The van der Waals surface area contributed by atoms with Crippen LogP contribution in [0.5, 0.6) is 0 Å². The van der Waals surface area contributed by atoms with E-state index in [1.54, 1.807) is 12.1 Å². The molecule has 61 heavy (non-hydrogen) atoms. The van der Waals surface area contributed by atoms with Crippen LogP contribution in [0.25, 0.3) is 66.4 Å². The fourth-order valence-electron chi connectivity index (χ4n) is 10.5. The third-order valence-electron chi connectivity index (χ3n) is 12.9. The van der Waals surface area contributed by atoms with Crippen molar-refractivity contribution in [3.8, 4) is 55.6 Å². The van der Waals surface area contributed by atoms with Gasteiger partial charge in [-0.1, -0.05) is 194 Å². The maximum Gasteiger partial charge on any atom is 0.123 e. The van der Waals surface area contributed by atoms with Gasteiger partial charge >= 0.3 is 0 Å². The zero-order valence-corrected chi connectivity index (χ0v) is 33.3. The molecule has 286 valence electrons. The number of nitrogens with zero attached hydrogens (tertiary/aromatic N) is 1. The van der Waals surface area contributed by atoms with Gasteiger partial charge in [0.15, 0.2) is 0 Å². The summed E-state index contributed by atoms with van der Waals surface area (Å²) in [5.41, 5.74) is 19.3. The number of halogens is 1. The highest BCUT2D eigenvalue weighted by Gasteiger charge is 2.52. The third-order valence-corrected chi connectivity index (χ3v) is 12.9. The molecule has 0 saturated heterocycles. The first-order valence-electron chi connectivity index (χ1n) is 21.0. The average molecular weight is 780 g/mol. The highest BCUT2D eigenvalue weighted by atomic mass is 19.1. The Morgan fingerprint density at radius 1 is 0.328 bits per heavy atom. The Bertz CT molecular complexity index is 3280. The van der Waals surface area contributed by atoms with E-state index in [-0.39, 0.29) is 5.82 Å². The molecular weight excluding hydrogens is 742 g/mol. The Balaban J connectivity index is 1.15. The SMILES string of the molecule is Fc1cccc(-c2cccc3cccc(-c4ccccc4N(c4ccc(-c5ccccc5)cc4)c4cccc5c4-c4ccccc4C54c5ccccc5-c5ccccc54)c23)c1. The van der Waals surface area contributed by atoms with Crippen LogP contribution in [0.4, 0.5) is 21.5 Å². The number of benzene rings is 10. The van der Waals surface area contributed by atoms with E-state index in [1.165, 1.54) is 56.1 Å². The largest absolute Gasteiger partial charge is 0.309 e. The summed E-state index contributed by atoms with van der Waals surface area (Å²) in [6.07, 6.45) is 0. The molecule has 2 heteroatoms. The predicted octanol–water partition coefficient (Wildman–Crippen LogP) is 15.8. The summed E-state index contributed by atoms with van der Waals surface area (Å²) in [6.45, 7) is 0. The quantitative estimate of drug-likeness (QED) is 0.162. The van der Waals surface area contributed by atoms with Gasteiger partial charge < -0.3 is 4.90 Å². The number of anilines is 3. The number of rotatable bonds is 6. The molecule has 0 saturated carbocycles. The van der Waals surface area contributed by atoms with Crippen molar-refractivity contribution in [2.45, 2.75) is 5.41 Å². The summed E-state index contributed by atoms with van der Waals surface area (Å²) >= 11 is 0. The highest BCUT2D eigenvalue weighted by Crippen LogP contribution is 2.65. The molecule has 10 aromatic carbocycles. The minimum atomic E-state index is -0.479. The molecule has 0 unspecified atom stereocenters. The number of para-hydroxylation sites is 1. The molecule has 1 spiro atoms. The van der Waals surface area contributed by atoms with E-state index in [2.05, 4.69) is 211 Å². The van der Waals surface area contributed by atoms with Crippen LogP contribution in [0.2, 0.25) is 0 Å². The Hall–Kier alpha value is -7.81. The van der Waals surface area contributed by atoms with Crippen LogP contribution in [-0.4, -0.2) is 0 Å². The topological polar surface area (TPSA) is 3.24 Å². The predicted molar refractivity (Wildman–Crippen MR) is 251 cm³/mol. The monoisotopic (exact) mass is 779 g/mol. The molecule has 2 aliphatic rings. The Labute approximate surface area is 355 Å². The second kappa shape index (κ2) is 13.9. The van der Waals surface area contributed by atoms with Gasteiger partial charge in [-0.15, -0.1) is 0 Å². The molecule has 0 atom stereocenters. The number of hydrogen-bond acceptors (Lipinski definition) is 1. The van der Waals surface area contributed by atoms with Crippen LogP contribution in [0.15, 0.2) is 231 Å². The maximum absolute atomic E-state index is 14.8. The van der Waals surface area contributed by atoms with Crippen LogP contribution in [0, 0.1) is 5.82 Å². The third kappa shape index (κ3) is 5.25. The van der Waals surface area contributed by atoms with Gasteiger partial charge in [0, 0.05) is 16.8 Å². The van der Waals surface area contributed by atoms with E-state index in [4.69, 9.17) is 0 Å². The normalized spacial score (nSPS) is 12.8. The molecule has 0 bridgehead atoms. The van der Waals surface area contributed by atoms with Crippen molar-refractivity contribution in [3.63, 3.8) is 0 Å². The van der Waals surface area contributed by atoms with Gasteiger partial charge in [0.25, 0.3) is 0 Å². The van der Waals surface area contributed by atoms with Crippen molar-refractivity contribution in [1.29, 1.82) is 0 Å². The molecule has 12 rings (SSSR count). The van der Waals surface area contributed by atoms with Gasteiger partial charge in [-0.05, 0) is 114 Å². The van der Waals surface area contributed by atoms with Crippen LogP contribution in [-0.2, 0) is 5.41 Å². The summed E-state index contributed by atoms with van der Waals surface area (Å²) in [6, 6.07) is 82.0. The molecule has 2 aliphatic carbocycles. The molecule has 0 radical (unpaired) electrons. The van der Waals surface area contributed by atoms with Crippen LogP contribution in [0.3, 0.4) is 0 Å². The maximum atomic E-state index is 14.8. The lowest BCUT2D eigenvalue weighted by atomic mass is 9.70. The summed E-state index contributed by atoms with van der Waals surface area (Å²) in [5, 5.41) is 2.19. The van der Waals surface area contributed by atoms with Gasteiger partial charge in [0.1, 0.15) is 5.82 Å². The molecule has 1 nitrogen and oxygen atoms in total. The zero-order valence-electron chi connectivity index (χ0n) is 33.3. The van der Waals surface area contributed by atoms with Crippen LogP contribution in [0.1, 0.15) is 22.3 Å². The number of fused-ring (bicyclic) bond motifs is 11. The molecule has 0 aliphatic heterocycles. The second-order valence-corrected chi connectivity index (χ2v) is 16.1. The highest BCUT2D eigenvalue weighted by molar-refractivity contribution is 6.10. The zero-order chi connectivity index (χ0) is 40.5. The minimum Gasteiger partial charge on any atom is -0.309 e.